The van der Waals surface area contributed by atoms with Gasteiger partial charge in [0.25, 0.3) is 0 Å². The molecule has 0 saturated carbocycles. The fourth-order valence-corrected chi connectivity index (χ4v) is 2.33. The molecule has 0 saturated heterocycles. The zero-order valence-corrected chi connectivity index (χ0v) is 10.1. The van der Waals surface area contributed by atoms with Crippen molar-refractivity contribution >= 4 is 9.84 Å². The van der Waals surface area contributed by atoms with Gasteiger partial charge in [-0.05, 0) is 24.3 Å². The molecule has 0 radical (unpaired) electrons. The minimum absolute atomic E-state index is 0.0844. The summed E-state index contributed by atoms with van der Waals surface area (Å²) in [5.74, 6) is -0.0844. The van der Waals surface area contributed by atoms with Crippen LogP contribution in [0.25, 0.3) is 0 Å². The van der Waals surface area contributed by atoms with Crippen LogP contribution in [0.4, 0.5) is 0 Å². The predicted octanol–water partition coefficient (Wildman–Crippen LogP) is 0.307. The largest absolute Gasteiger partial charge is 0.379 e. The van der Waals surface area contributed by atoms with Crippen LogP contribution in [0, 0.1) is 11.3 Å². The number of nitrogens with two attached hydrogens (primary N) is 1. The maximum Gasteiger partial charge on any atom is 0.180 e. The Morgan fingerprint density at radius 1 is 1.24 bits per heavy atom. The first-order valence-electron chi connectivity index (χ1n) is 5.11. The Balaban J connectivity index is 2.66. The Morgan fingerprint density at radius 2 is 1.88 bits per heavy atom. The van der Waals surface area contributed by atoms with E-state index in [9.17, 15) is 8.42 Å². The highest BCUT2D eigenvalue weighted by atomic mass is 32.2. The van der Waals surface area contributed by atoms with Gasteiger partial charge in [-0.3, -0.25) is 0 Å². The summed E-state index contributed by atoms with van der Waals surface area (Å²) in [6.07, 6.45) is 0. The maximum absolute atomic E-state index is 11.8. The van der Waals surface area contributed by atoms with Gasteiger partial charge < -0.3 is 10.5 Å². The normalized spacial score (nSPS) is 11.1. The number of benzene rings is 1. The molecule has 0 bridgehead atoms. The average molecular weight is 254 g/mol. The first-order chi connectivity index (χ1) is 8.10. The van der Waals surface area contributed by atoms with Crippen LogP contribution in [0.2, 0.25) is 0 Å². The van der Waals surface area contributed by atoms with E-state index >= 15 is 0 Å². The molecular formula is C11H14N2O3S. The third-order valence-corrected chi connectivity index (χ3v) is 3.80. The van der Waals surface area contributed by atoms with E-state index in [4.69, 9.17) is 15.7 Å². The van der Waals surface area contributed by atoms with E-state index < -0.39 is 9.84 Å². The monoisotopic (exact) mass is 254 g/mol. The van der Waals surface area contributed by atoms with E-state index in [0.717, 1.165) is 0 Å². The fraction of sp³-hybridized carbons (Fsp3) is 0.364. The van der Waals surface area contributed by atoms with Crippen molar-refractivity contribution in [2.75, 3.05) is 25.5 Å². The minimum atomic E-state index is -3.34. The lowest BCUT2D eigenvalue weighted by atomic mass is 10.2. The first kappa shape index (κ1) is 13.6. The van der Waals surface area contributed by atoms with E-state index in [0.29, 0.717) is 18.7 Å². The quantitative estimate of drug-likeness (QED) is 0.737. The van der Waals surface area contributed by atoms with E-state index in [1.807, 2.05) is 6.07 Å². The van der Waals surface area contributed by atoms with Crippen LogP contribution in [-0.4, -0.2) is 33.9 Å². The van der Waals surface area contributed by atoms with Crippen molar-refractivity contribution in [1.29, 1.82) is 5.26 Å². The third kappa shape index (κ3) is 4.15. The lowest BCUT2D eigenvalue weighted by Gasteiger charge is -2.05. The summed E-state index contributed by atoms with van der Waals surface area (Å²) >= 11 is 0. The van der Waals surface area contributed by atoms with Crippen molar-refractivity contribution in [2.45, 2.75) is 4.90 Å². The standard InChI is InChI=1S/C11H14N2O3S/c12-5-6-16-7-8-17(14,15)11-3-1-10(9-13)2-4-11/h1-4H,5-8,12H2. The molecule has 92 valence electrons. The Labute approximate surface area is 101 Å². The molecule has 0 aliphatic carbocycles. The number of hydrogen-bond donors (Lipinski definition) is 1. The molecule has 1 rings (SSSR count). The van der Waals surface area contributed by atoms with E-state index in [1.165, 1.54) is 24.3 Å². The molecule has 2 N–H and O–H groups in total. The first-order valence-corrected chi connectivity index (χ1v) is 6.76. The van der Waals surface area contributed by atoms with Gasteiger partial charge in [-0.15, -0.1) is 0 Å². The van der Waals surface area contributed by atoms with Gasteiger partial charge in [0.05, 0.1) is 35.5 Å². The predicted molar refractivity (Wildman–Crippen MR) is 63.1 cm³/mol. The Bertz CT molecular complexity index is 488. The number of sulfone groups is 1. The molecular weight excluding hydrogens is 240 g/mol. The van der Waals surface area contributed by atoms with Gasteiger partial charge in [0.15, 0.2) is 9.84 Å². The molecule has 0 aromatic heterocycles. The van der Waals surface area contributed by atoms with Crippen molar-refractivity contribution in [3.8, 4) is 6.07 Å². The molecule has 0 spiro atoms. The lowest BCUT2D eigenvalue weighted by Crippen LogP contribution is -2.16. The molecule has 6 heteroatoms. The van der Waals surface area contributed by atoms with Crippen molar-refractivity contribution in [1.82, 2.24) is 0 Å². The summed E-state index contributed by atoms with van der Waals surface area (Å²) in [6.45, 7) is 0.847. The van der Waals surface area contributed by atoms with Crippen LogP contribution >= 0.6 is 0 Å². The van der Waals surface area contributed by atoms with Crippen molar-refractivity contribution < 1.29 is 13.2 Å². The number of rotatable bonds is 6. The van der Waals surface area contributed by atoms with E-state index in [1.54, 1.807) is 0 Å². The molecule has 17 heavy (non-hydrogen) atoms. The summed E-state index contributed by atoms with van der Waals surface area (Å²) < 4.78 is 28.6. The van der Waals surface area contributed by atoms with Crippen LogP contribution in [0.15, 0.2) is 29.2 Å². The molecule has 0 atom stereocenters. The Kier molecular flexibility index (Phi) is 5.10. The molecule has 0 unspecified atom stereocenters. The number of hydrogen-bond acceptors (Lipinski definition) is 5. The molecule has 0 aliphatic rings. The maximum atomic E-state index is 11.8. The molecule has 1 aromatic rings. The Hall–Kier alpha value is -1.42. The van der Waals surface area contributed by atoms with Gasteiger partial charge in [0.2, 0.25) is 0 Å². The SMILES string of the molecule is N#Cc1ccc(S(=O)(=O)CCOCCN)cc1. The van der Waals surface area contributed by atoms with Gasteiger partial charge in [0.1, 0.15) is 0 Å². The summed E-state index contributed by atoms with van der Waals surface area (Å²) in [4.78, 5) is 0.202. The summed E-state index contributed by atoms with van der Waals surface area (Å²) in [6, 6.07) is 7.75. The second kappa shape index (κ2) is 6.35. The van der Waals surface area contributed by atoms with Crippen molar-refractivity contribution in [3.63, 3.8) is 0 Å². The second-order valence-corrected chi connectivity index (χ2v) is 5.47. The number of nitrogens with zero attached hydrogens (tertiary/aromatic N) is 1. The highest BCUT2D eigenvalue weighted by Crippen LogP contribution is 2.11. The minimum Gasteiger partial charge on any atom is -0.379 e. The highest BCUT2D eigenvalue weighted by molar-refractivity contribution is 7.91. The highest BCUT2D eigenvalue weighted by Gasteiger charge is 2.13. The summed E-state index contributed by atoms with van der Waals surface area (Å²) in [7, 11) is -3.34. The van der Waals surface area contributed by atoms with Crippen LogP contribution < -0.4 is 5.73 Å². The van der Waals surface area contributed by atoms with Crippen LogP contribution in [0.3, 0.4) is 0 Å². The van der Waals surface area contributed by atoms with E-state index in [2.05, 4.69) is 0 Å². The molecule has 0 aliphatic heterocycles. The van der Waals surface area contributed by atoms with Crippen LogP contribution in [0.1, 0.15) is 5.56 Å². The molecule has 5 nitrogen and oxygen atoms in total. The van der Waals surface area contributed by atoms with E-state index in [-0.39, 0.29) is 17.3 Å². The van der Waals surface area contributed by atoms with Crippen LogP contribution in [-0.2, 0) is 14.6 Å². The smallest absolute Gasteiger partial charge is 0.180 e. The zero-order valence-electron chi connectivity index (χ0n) is 9.30. The number of ether oxygens (including phenoxy) is 1. The van der Waals surface area contributed by atoms with Crippen molar-refractivity contribution in [3.05, 3.63) is 29.8 Å². The third-order valence-electron chi connectivity index (χ3n) is 2.10. The van der Waals surface area contributed by atoms with Gasteiger partial charge >= 0.3 is 0 Å². The van der Waals surface area contributed by atoms with Gasteiger partial charge in [-0.1, -0.05) is 0 Å². The van der Waals surface area contributed by atoms with Crippen LogP contribution in [0.5, 0.6) is 0 Å². The average Bonchev–Trinajstić information content (AvgIpc) is 2.35. The van der Waals surface area contributed by atoms with Crippen molar-refractivity contribution in [2.24, 2.45) is 5.73 Å². The van der Waals surface area contributed by atoms with Gasteiger partial charge in [-0.25, -0.2) is 8.42 Å². The van der Waals surface area contributed by atoms with Gasteiger partial charge in [0, 0.05) is 6.54 Å². The lowest BCUT2D eigenvalue weighted by molar-refractivity contribution is 0.157. The summed E-state index contributed by atoms with van der Waals surface area (Å²) in [5.41, 5.74) is 5.65. The number of nitriles is 1. The second-order valence-electron chi connectivity index (χ2n) is 3.36. The molecule has 1 aromatic carbocycles. The summed E-state index contributed by atoms with van der Waals surface area (Å²) in [5, 5.41) is 8.60. The molecule has 0 heterocycles. The fourth-order valence-electron chi connectivity index (χ4n) is 1.21. The Morgan fingerprint density at radius 3 is 2.41 bits per heavy atom. The zero-order chi connectivity index (χ0) is 12.7. The topological polar surface area (TPSA) is 93.2 Å². The molecule has 0 fully saturated rings. The van der Waals surface area contributed by atoms with Gasteiger partial charge in [-0.2, -0.15) is 5.26 Å². The molecule has 0 amide bonds.